The molecule has 0 aliphatic carbocycles. The summed E-state index contributed by atoms with van der Waals surface area (Å²) in [6.07, 6.45) is 3.13. The Hall–Kier alpha value is -1.71. The number of rotatable bonds is 7. The molecule has 0 radical (unpaired) electrons. The summed E-state index contributed by atoms with van der Waals surface area (Å²) >= 11 is 0. The summed E-state index contributed by atoms with van der Waals surface area (Å²) in [4.78, 5) is 4.24. The Labute approximate surface area is 109 Å². The fraction of sp³-hybridized carbons (Fsp3) is 0.500. The van der Waals surface area contributed by atoms with E-state index in [1.807, 2.05) is 18.2 Å². The quantitative estimate of drug-likeness (QED) is 0.441. The molecular weight excluding hydrogens is 226 g/mol. The highest BCUT2D eigenvalue weighted by molar-refractivity contribution is 5.77. The van der Waals surface area contributed by atoms with Crippen molar-refractivity contribution in [1.29, 1.82) is 0 Å². The third kappa shape index (κ3) is 5.57. The van der Waals surface area contributed by atoms with E-state index >= 15 is 0 Å². The lowest BCUT2D eigenvalue weighted by Crippen LogP contribution is -2.33. The van der Waals surface area contributed by atoms with Gasteiger partial charge in [-0.05, 0) is 30.5 Å². The first-order valence-electron chi connectivity index (χ1n) is 6.43. The normalized spacial score (nSPS) is 11.3. The van der Waals surface area contributed by atoms with Crippen LogP contribution in [0.3, 0.4) is 0 Å². The van der Waals surface area contributed by atoms with Crippen LogP contribution < -0.4 is 15.8 Å². The summed E-state index contributed by atoms with van der Waals surface area (Å²) in [6, 6.07) is 8.05. The first-order chi connectivity index (χ1) is 8.76. The van der Waals surface area contributed by atoms with Crippen molar-refractivity contribution >= 4 is 5.96 Å². The molecule has 0 aliphatic heterocycles. The predicted molar refractivity (Wildman–Crippen MR) is 76.1 cm³/mol. The van der Waals surface area contributed by atoms with Crippen LogP contribution in [0.2, 0.25) is 0 Å². The number of hydrogen-bond donors (Lipinski definition) is 2. The molecule has 0 saturated heterocycles. The van der Waals surface area contributed by atoms with Gasteiger partial charge in [0.1, 0.15) is 5.75 Å². The van der Waals surface area contributed by atoms with Crippen LogP contribution in [0.25, 0.3) is 0 Å². The number of nitrogens with two attached hydrogens (primary N) is 1. The van der Waals surface area contributed by atoms with E-state index in [4.69, 9.17) is 10.5 Å². The summed E-state index contributed by atoms with van der Waals surface area (Å²) in [5.41, 5.74) is 6.97. The number of nitrogens with one attached hydrogen (secondary N) is 1. The second-order valence-electron chi connectivity index (χ2n) is 4.15. The maximum absolute atomic E-state index is 5.75. The molecule has 0 amide bonds. The minimum absolute atomic E-state index is 0.534. The molecule has 3 N–H and O–H groups in total. The van der Waals surface area contributed by atoms with Gasteiger partial charge in [-0.1, -0.05) is 25.5 Å². The van der Waals surface area contributed by atoms with Gasteiger partial charge in [-0.2, -0.15) is 0 Å². The van der Waals surface area contributed by atoms with Crippen molar-refractivity contribution < 1.29 is 4.74 Å². The number of benzene rings is 1. The second kappa shape index (κ2) is 8.39. The van der Waals surface area contributed by atoms with E-state index in [2.05, 4.69) is 23.3 Å². The Morgan fingerprint density at radius 1 is 1.44 bits per heavy atom. The smallest absolute Gasteiger partial charge is 0.188 e. The Kier molecular flexibility index (Phi) is 6.69. The molecule has 1 aromatic rings. The zero-order valence-electron chi connectivity index (χ0n) is 11.3. The zero-order valence-corrected chi connectivity index (χ0v) is 11.3. The van der Waals surface area contributed by atoms with Crippen LogP contribution in [0.15, 0.2) is 29.3 Å². The number of unbranched alkanes of at least 4 members (excludes halogenated alkanes) is 1. The van der Waals surface area contributed by atoms with E-state index in [1.165, 1.54) is 5.56 Å². The molecule has 0 aliphatic rings. The number of aliphatic imine (C=N–C) groups is 1. The topological polar surface area (TPSA) is 59.6 Å². The Bertz CT molecular complexity index is 377. The van der Waals surface area contributed by atoms with Crippen LogP contribution in [0.4, 0.5) is 0 Å². The van der Waals surface area contributed by atoms with Gasteiger partial charge in [0.25, 0.3) is 0 Å². The van der Waals surface area contributed by atoms with E-state index in [-0.39, 0.29) is 0 Å². The molecule has 18 heavy (non-hydrogen) atoms. The Morgan fingerprint density at radius 3 is 3.00 bits per heavy atom. The molecule has 0 unspecified atom stereocenters. The van der Waals surface area contributed by atoms with Crippen LogP contribution in [-0.2, 0) is 6.42 Å². The monoisotopic (exact) mass is 249 g/mol. The summed E-state index contributed by atoms with van der Waals surface area (Å²) in [7, 11) is 1.68. The van der Waals surface area contributed by atoms with Gasteiger partial charge in [-0.3, -0.25) is 4.99 Å². The van der Waals surface area contributed by atoms with Crippen LogP contribution in [0, 0.1) is 0 Å². The summed E-state index contributed by atoms with van der Waals surface area (Å²) in [5, 5.41) is 3.11. The highest BCUT2D eigenvalue weighted by Gasteiger charge is 1.96. The molecular formula is C14H23N3O. The van der Waals surface area contributed by atoms with Gasteiger partial charge >= 0.3 is 0 Å². The average molecular weight is 249 g/mol. The minimum Gasteiger partial charge on any atom is -0.497 e. The molecule has 1 rings (SSSR count). The lowest BCUT2D eigenvalue weighted by Gasteiger charge is -2.07. The number of ether oxygens (including phenoxy) is 1. The van der Waals surface area contributed by atoms with Crippen molar-refractivity contribution in [3.8, 4) is 5.75 Å². The van der Waals surface area contributed by atoms with E-state index in [0.29, 0.717) is 5.96 Å². The summed E-state index contributed by atoms with van der Waals surface area (Å²) in [6.45, 7) is 3.73. The molecule has 0 atom stereocenters. The zero-order chi connectivity index (χ0) is 13.2. The molecule has 4 heteroatoms. The second-order valence-corrected chi connectivity index (χ2v) is 4.15. The van der Waals surface area contributed by atoms with Crippen LogP contribution in [0.1, 0.15) is 25.3 Å². The lowest BCUT2D eigenvalue weighted by atomic mass is 10.1. The Balaban J connectivity index is 2.30. The largest absolute Gasteiger partial charge is 0.497 e. The van der Waals surface area contributed by atoms with Gasteiger partial charge in [-0.15, -0.1) is 0 Å². The third-order valence-corrected chi connectivity index (χ3v) is 2.65. The molecule has 100 valence electrons. The number of hydrogen-bond acceptors (Lipinski definition) is 2. The van der Waals surface area contributed by atoms with E-state index in [1.54, 1.807) is 7.11 Å². The maximum Gasteiger partial charge on any atom is 0.188 e. The number of guanidine groups is 1. The lowest BCUT2D eigenvalue weighted by molar-refractivity contribution is 0.414. The summed E-state index contributed by atoms with van der Waals surface area (Å²) in [5.74, 6) is 1.42. The van der Waals surface area contributed by atoms with Crippen LogP contribution in [0.5, 0.6) is 5.75 Å². The van der Waals surface area contributed by atoms with Crippen molar-refractivity contribution in [2.24, 2.45) is 10.7 Å². The first-order valence-corrected chi connectivity index (χ1v) is 6.43. The average Bonchev–Trinajstić information content (AvgIpc) is 2.39. The van der Waals surface area contributed by atoms with Crippen molar-refractivity contribution in [3.63, 3.8) is 0 Å². The third-order valence-electron chi connectivity index (χ3n) is 2.65. The van der Waals surface area contributed by atoms with E-state index in [9.17, 15) is 0 Å². The highest BCUT2D eigenvalue weighted by atomic mass is 16.5. The van der Waals surface area contributed by atoms with Gasteiger partial charge in [0.05, 0.1) is 7.11 Å². The molecule has 4 nitrogen and oxygen atoms in total. The van der Waals surface area contributed by atoms with Gasteiger partial charge < -0.3 is 15.8 Å². The van der Waals surface area contributed by atoms with Crippen molar-refractivity contribution in [3.05, 3.63) is 29.8 Å². The Morgan fingerprint density at radius 2 is 2.28 bits per heavy atom. The molecule has 1 aromatic carbocycles. The van der Waals surface area contributed by atoms with Gasteiger partial charge in [-0.25, -0.2) is 0 Å². The molecule has 0 fully saturated rings. The highest BCUT2D eigenvalue weighted by Crippen LogP contribution is 2.12. The number of nitrogens with zero attached hydrogens (tertiary/aromatic N) is 1. The van der Waals surface area contributed by atoms with Crippen molar-refractivity contribution in [2.75, 3.05) is 20.2 Å². The van der Waals surface area contributed by atoms with E-state index < -0.39 is 0 Å². The fourth-order valence-electron chi connectivity index (χ4n) is 1.58. The summed E-state index contributed by atoms with van der Waals surface area (Å²) < 4.78 is 5.18. The SMILES string of the molecule is CCCCN=C(N)NCCc1cccc(OC)c1. The molecule has 0 aromatic heterocycles. The van der Waals surface area contributed by atoms with Gasteiger partial charge in [0, 0.05) is 13.1 Å². The number of methoxy groups -OCH3 is 1. The first kappa shape index (κ1) is 14.4. The standard InChI is InChI=1S/C14H23N3O/c1-3-4-9-16-14(15)17-10-8-12-6-5-7-13(11-12)18-2/h5-7,11H,3-4,8-10H2,1-2H3,(H3,15,16,17). The van der Waals surface area contributed by atoms with Crippen LogP contribution in [-0.4, -0.2) is 26.2 Å². The molecule has 0 heterocycles. The van der Waals surface area contributed by atoms with Crippen molar-refractivity contribution in [2.45, 2.75) is 26.2 Å². The van der Waals surface area contributed by atoms with Gasteiger partial charge in [0.15, 0.2) is 5.96 Å². The molecule has 0 saturated carbocycles. The maximum atomic E-state index is 5.75. The minimum atomic E-state index is 0.534. The molecule has 0 bridgehead atoms. The fourth-order valence-corrected chi connectivity index (χ4v) is 1.58. The predicted octanol–water partition coefficient (Wildman–Crippen LogP) is 1.94. The van der Waals surface area contributed by atoms with Crippen LogP contribution >= 0.6 is 0 Å². The molecule has 0 spiro atoms. The van der Waals surface area contributed by atoms with Crippen molar-refractivity contribution in [1.82, 2.24) is 5.32 Å². The van der Waals surface area contributed by atoms with Gasteiger partial charge in [0.2, 0.25) is 0 Å². The van der Waals surface area contributed by atoms with E-state index in [0.717, 1.165) is 38.1 Å².